The van der Waals surface area contributed by atoms with Crippen LogP contribution in [-0.4, -0.2) is 30.2 Å². The number of benzene rings is 2. The highest BCUT2D eigenvalue weighted by Gasteiger charge is 2.13. The predicted octanol–water partition coefficient (Wildman–Crippen LogP) is 2.89. The van der Waals surface area contributed by atoms with Gasteiger partial charge in [-0.3, -0.25) is 9.59 Å². The molecule has 28 heavy (non-hydrogen) atoms. The summed E-state index contributed by atoms with van der Waals surface area (Å²) in [5.74, 6) is -0.201. The molecule has 0 aliphatic rings. The molecule has 0 aliphatic heterocycles. The zero-order valence-electron chi connectivity index (χ0n) is 15.3. The lowest BCUT2D eigenvalue weighted by Gasteiger charge is -2.05. The van der Waals surface area contributed by atoms with Gasteiger partial charge in [0.2, 0.25) is 0 Å². The second-order valence-corrected chi connectivity index (χ2v) is 6.72. The maximum absolute atomic E-state index is 12.6. The highest BCUT2D eigenvalue weighted by Crippen LogP contribution is 2.23. The number of hydrogen-bond donors (Lipinski definition) is 0. The molecule has 0 unspecified atom stereocenters. The predicted molar refractivity (Wildman–Crippen MR) is 104 cm³/mol. The molecule has 1 amide bonds. The van der Waals surface area contributed by atoms with Crippen LogP contribution in [0.4, 0.5) is 0 Å². The molecule has 0 atom stereocenters. The average molecular weight is 395 g/mol. The number of nitriles is 1. The summed E-state index contributed by atoms with van der Waals surface area (Å²) in [6.45, 7) is 1.95. The van der Waals surface area contributed by atoms with Gasteiger partial charge in [0.15, 0.2) is 4.80 Å². The minimum atomic E-state index is -0.458. The van der Waals surface area contributed by atoms with Crippen molar-refractivity contribution in [2.24, 2.45) is 4.99 Å². The van der Waals surface area contributed by atoms with Gasteiger partial charge in [0.25, 0.3) is 5.91 Å². The average Bonchev–Trinajstić information content (AvgIpc) is 3.04. The highest BCUT2D eigenvalue weighted by atomic mass is 32.1. The highest BCUT2D eigenvalue weighted by molar-refractivity contribution is 7.16. The van der Waals surface area contributed by atoms with E-state index in [0.717, 1.165) is 10.2 Å². The van der Waals surface area contributed by atoms with Gasteiger partial charge in [-0.25, -0.2) is 0 Å². The van der Waals surface area contributed by atoms with E-state index in [-0.39, 0.29) is 13.2 Å². The largest absolute Gasteiger partial charge is 0.497 e. The van der Waals surface area contributed by atoms with Gasteiger partial charge in [-0.1, -0.05) is 11.3 Å². The number of ether oxygens (including phenoxy) is 2. The summed E-state index contributed by atoms with van der Waals surface area (Å²) in [7, 11) is 1.57. The number of carbonyl (C=O) groups is 2. The Morgan fingerprint density at radius 2 is 1.96 bits per heavy atom. The van der Waals surface area contributed by atoms with Crippen molar-refractivity contribution < 1.29 is 19.1 Å². The molecular weight excluding hydrogens is 378 g/mol. The number of hydrogen-bond acceptors (Lipinski definition) is 6. The van der Waals surface area contributed by atoms with Crippen LogP contribution >= 0.6 is 11.3 Å². The van der Waals surface area contributed by atoms with Crippen molar-refractivity contribution in [1.82, 2.24) is 4.57 Å². The first kappa shape index (κ1) is 19.3. The minimum absolute atomic E-state index is 0.0559. The molecule has 8 heteroatoms. The standard InChI is InChI=1S/C20H17N3O4S/c1-3-27-18(24)12-23-16-9-8-15(26-2)10-17(16)28-20(23)22-19(25)14-6-4-13(11-21)5-7-14/h4-10H,3,12H2,1-2H3. The summed E-state index contributed by atoms with van der Waals surface area (Å²) in [4.78, 5) is 29.2. The Hall–Kier alpha value is -3.44. The van der Waals surface area contributed by atoms with Gasteiger partial charge in [-0.05, 0) is 49.4 Å². The Morgan fingerprint density at radius 3 is 2.61 bits per heavy atom. The molecule has 0 saturated heterocycles. The quantitative estimate of drug-likeness (QED) is 0.619. The summed E-state index contributed by atoms with van der Waals surface area (Å²) in [6, 6.07) is 13.7. The maximum Gasteiger partial charge on any atom is 0.326 e. The fourth-order valence-electron chi connectivity index (χ4n) is 2.59. The first-order chi connectivity index (χ1) is 13.5. The SMILES string of the molecule is CCOC(=O)Cn1c(=NC(=O)c2ccc(C#N)cc2)sc2cc(OC)ccc21. The molecule has 0 saturated carbocycles. The lowest BCUT2D eigenvalue weighted by atomic mass is 10.1. The Bertz CT molecular complexity index is 1140. The molecule has 0 spiro atoms. The molecule has 1 heterocycles. The van der Waals surface area contributed by atoms with E-state index in [2.05, 4.69) is 4.99 Å². The van der Waals surface area contributed by atoms with Gasteiger partial charge in [0.05, 0.1) is 35.6 Å². The molecule has 0 radical (unpaired) electrons. The van der Waals surface area contributed by atoms with Crippen molar-refractivity contribution >= 4 is 33.4 Å². The van der Waals surface area contributed by atoms with E-state index in [4.69, 9.17) is 14.7 Å². The van der Waals surface area contributed by atoms with Crippen LogP contribution in [0.1, 0.15) is 22.8 Å². The fraction of sp³-hybridized carbons (Fsp3) is 0.200. The van der Waals surface area contributed by atoms with Crippen molar-refractivity contribution in [3.63, 3.8) is 0 Å². The molecule has 0 N–H and O–H groups in total. The molecule has 142 valence electrons. The van der Waals surface area contributed by atoms with E-state index in [0.29, 0.717) is 21.7 Å². The molecule has 1 aromatic heterocycles. The zero-order valence-corrected chi connectivity index (χ0v) is 16.2. The zero-order chi connectivity index (χ0) is 20.1. The second kappa shape index (κ2) is 8.50. The van der Waals surface area contributed by atoms with Crippen LogP contribution < -0.4 is 9.54 Å². The van der Waals surface area contributed by atoms with Crippen LogP contribution in [0.25, 0.3) is 10.2 Å². The van der Waals surface area contributed by atoms with Gasteiger partial charge in [0.1, 0.15) is 12.3 Å². The van der Waals surface area contributed by atoms with Crippen LogP contribution in [0.5, 0.6) is 5.75 Å². The van der Waals surface area contributed by atoms with Crippen molar-refractivity contribution in [3.8, 4) is 11.8 Å². The van der Waals surface area contributed by atoms with Crippen LogP contribution in [0.2, 0.25) is 0 Å². The second-order valence-electron chi connectivity index (χ2n) is 5.72. The maximum atomic E-state index is 12.6. The summed E-state index contributed by atoms with van der Waals surface area (Å²) >= 11 is 1.28. The summed E-state index contributed by atoms with van der Waals surface area (Å²) in [5, 5.41) is 8.88. The molecule has 0 fully saturated rings. The smallest absolute Gasteiger partial charge is 0.326 e. The number of amides is 1. The third-order valence-electron chi connectivity index (χ3n) is 3.94. The summed E-state index contributed by atoms with van der Waals surface area (Å²) in [5.41, 5.74) is 1.57. The van der Waals surface area contributed by atoms with E-state index in [1.807, 2.05) is 18.2 Å². The number of aromatic nitrogens is 1. The topological polar surface area (TPSA) is 93.7 Å². The Balaban J connectivity index is 2.08. The van der Waals surface area contributed by atoms with Gasteiger partial charge in [-0.15, -0.1) is 0 Å². The van der Waals surface area contributed by atoms with Gasteiger partial charge in [-0.2, -0.15) is 10.3 Å². The van der Waals surface area contributed by atoms with E-state index in [9.17, 15) is 9.59 Å². The van der Waals surface area contributed by atoms with Crippen LogP contribution in [0.3, 0.4) is 0 Å². The third-order valence-corrected chi connectivity index (χ3v) is 4.98. The normalized spacial score (nSPS) is 11.2. The molecular formula is C20H17N3O4S. The van der Waals surface area contributed by atoms with E-state index < -0.39 is 11.9 Å². The first-order valence-electron chi connectivity index (χ1n) is 8.48. The van der Waals surface area contributed by atoms with Crippen LogP contribution in [0.15, 0.2) is 47.5 Å². The summed E-state index contributed by atoms with van der Waals surface area (Å²) in [6.07, 6.45) is 0. The fourth-order valence-corrected chi connectivity index (χ4v) is 3.65. The number of nitrogens with zero attached hydrogens (tertiary/aromatic N) is 3. The Kier molecular flexibility index (Phi) is 5.87. The van der Waals surface area contributed by atoms with E-state index >= 15 is 0 Å². The number of esters is 1. The first-order valence-corrected chi connectivity index (χ1v) is 9.29. The van der Waals surface area contributed by atoms with Crippen LogP contribution in [0, 0.1) is 11.3 Å². The number of thiazole rings is 1. The molecule has 0 aliphatic carbocycles. The molecule has 3 aromatic rings. The third kappa shape index (κ3) is 4.10. The van der Waals surface area contributed by atoms with Crippen LogP contribution in [-0.2, 0) is 16.1 Å². The van der Waals surface area contributed by atoms with E-state index in [1.54, 1.807) is 48.9 Å². The van der Waals surface area contributed by atoms with E-state index in [1.165, 1.54) is 11.3 Å². The van der Waals surface area contributed by atoms with Crippen molar-refractivity contribution in [3.05, 3.63) is 58.4 Å². The summed E-state index contributed by atoms with van der Waals surface area (Å²) < 4.78 is 12.8. The number of fused-ring (bicyclic) bond motifs is 1. The number of methoxy groups -OCH3 is 1. The molecule has 3 rings (SSSR count). The lowest BCUT2D eigenvalue weighted by molar-refractivity contribution is -0.143. The van der Waals surface area contributed by atoms with Crippen molar-refractivity contribution in [1.29, 1.82) is 5.26 Å². The van der Waals surface area contributed by atoms with Crippen molar-refractivity contribution in [2.75, 3.05) is 13.7 Å². The Morgan fingerprint density at radius 1 is 1.21 bits per heavy atom. The van der Waals surface area contributed by atoms with Gasteiger partial charge >= 0.3 is 5.97 Å². The molecule has 2 aromatic carbocycles. The lowest BCUT2D eigenvalue weighted by Crippen LogP contribution is -2.23. The van der Waals surface area contributed by atoms with Gasteiger partial charge < -0.3 is 14.0 Å². The minimum Gasteiger partial charge on any atom is -0.497 e. The Labute approximate surface area is 165 Å². The van der Waals surface area contributed by atoms with Gasteiger partial charge in [0, 0.05) is 5.56 Å². The van der Waals surface area contributed by atoms with Crippen molar-refractivity contribution in [2.45, 2.75) is 13.5 Å². The number of carbonyl (C=O) groups excluding carboxylic acids is 2. The molecule has 7 nitrogen and oxygen atoms in total. The monoisotopic (exact) mass is 395 g/mol. The number of rotatable bonds is 5. The molecule has 0 bridgehead atoms.